The maximum Gasteiger partial charge on any atom is 0.340 e. The van der Waals surface area contributed by atoms with Crippen LogP contribution in [0.3, 0.4) is 0 Å². The van der Waals surface area contributed by atoms with E-state index in [2.05, 4.69) is 0 Å². The van der Waals surface area contributed by atoms with Gasteiger partial charge in [0.2, 0.25) is 0 Å². The van der Waals surface area contributed by atoms with E-state index in [1.165, 1.54) is 19.3 Å². The van der Waals surface area contributed by atoms with Gasteiger partial charge in [0.05, 0.1) is 12.2 Å². The van der Waals surface area contributed by atoms with Crippen molar-refractivity contribution >= 4 is 22.4 Å². The lowest BCUT2D eigenvalue weighted by molar-refractivity contribution is 0.0465. The summed E-state index contributed by atoms with van der Waals surface area (Å²) in [6.07, 6.45) is 4.83. The minimum atomic E-state index is -0.312. The number of fused-ring (bicyclic) bond motifs is 1. The van der Waals surface area contributed by atoms with Crippen molar-refractivity contribution in [2.45, 2.75) is 25.7 Å². The van der Waals surface area contributed by atoms with Gasteiger partial charge >= 0.3 is 5.97 Å². The minimum absolute atomic E-state index is 0.312. The van der Waals surface area contributed by atoms with E-state index in [1.807, 2.05) is 36.4 Å². The molecule has 2 aromatic rings. The first kappa shape index (κ1) is 13.0. The number of carbonyl (C=O) groups is 1. The van der Waals surface area contributed by atoms with Crippen LogP contribution in [0.5, 0.6) is 0 Å². The van der Waals surface area contributed by atoms with Crippen LogP contribution in [-0.2, 0) is 4.74 Å². The van der Waals surface area contributed by atoms with Crippen LogP contribution in [0.25, 0.3) is 10.8 Å². The number of esters is 1. The molecular formula is C17H19NO2. The molecular weight excluding hydrogens is 250 g/mol. The van der Waals surface area contributed by atoms with Crippen molar-refractivity contribution in [3.05, 3.63) is 42.0 Å². The van der Waals surface area contributed by atoms with Crippen LogP contribution in [0, 0.1) is 5.92 Å². The first-order valence-electron chi connectivity index (χ1n) is 7.19. The molecule has 2 aromatic carbocycles. The highest BCUT2D eigenvalue weighted by Crippen LogP contribution is 2.29. The van der Waals surface area contributed by atoms with E-state index in [1.54, 1.807) is 0 Å². The Morgan fingerprint density at radius 2 is 1.90 bits per heavy atom. The van der Waals surface area contributed by atoms with Gasteiger partial charge in [0.1, 0.15) is 0 Å². The molecule has 2 N–H and O–H groups in total. The molecule has 0 aromatic heterocycles. The van der Waals surface area contributed by atoms with Crippen molar-refractivity contribution in [1.29, 1.82) is 0 Å². The predicted molar refractivity (Wildman–Crippen MR) is 80.6 cm³/mol. The van der Waals surface area contributed by atoms with Crippen molar-refractivity contribution < 1.29 is 9.53 Å². The number of rotatable bonds is 4. The monoisotopic (exact) mass is 269 g/mol. The average Bonchev–Trinajstić information content (AvgIpc) is 2.40. The summed E-state index contributed by atoms with van der Waals surface area (Å²) >= 11 is 0. The average molecular weight is 269 g/mol. The van der Waals surface area contributed by atoms with E-state index in [9.17, 15) is 4.79 Å². The summed E-state index contributed by atoms with van der Waals surface area (Å²) < 4.78 is 5.35. The molecule has 0 amide bonds. The number of hydrogen-bond acceptors (Lipinski definition) is 3. The third-order valence-electron chi connectivity index (χ3n) is 4.12. The number of anilines is 1. The van der Waals surface area contributed by atoms with Gasteiger partial charge in [-0.05, 0) is 35.2 Å². The number of nitrogen functional groups attached to an aromatic ring is 1. The second-order valence-corrected chi connectivity index (χ2v) is 5.51. The predicted octanol–water partition coefficient (Wildman–Crippen LogP) is 3.77. The SMILES string of the molecule is Nc1cc2ccccc2cc1C(=O)OCCC1CCC1. The standard InChI is InChI=1S/C17H19NO2/c18-16-11-14-7-2-1-6-13(14)10-15(16)17(19)20-9-8-12-4-3-5-12/h1-2,6-7,10-12H,3-5,8-9,18H2. The van der Waals surface area contributed by atoms with Crippen LogP contribution >= 0.6 is 0 Å². The highest BCUT2D eigenvalue weighted by atomic mass is 16.5. The van der Waals surface area contributed by atoms with Gasteiger partial charge in [0, 0.05) is 5.69 Å². The fourth-order valence-electron chi connectivity index (χ4n) is 2.61. The van der Waals surface area contributed by atoms with Crippen LogP contribution in [0.15, 0.2) is 36.4 Å². The lowest BCUT2D eigenvalue weighted by Crippen LogP contribution is -2.16. The van der Waals surface area contributed by atoms with E-state index >= 15 is 0 Å². The molecule has 104 valence electrons. The maximum absolute atomic E-state index is 12.1. The molecule has 1 fully saturated rings. The molecule has 0 bridgehead atoms. The fraction of sp³-hybridized carbons (Fsp3) is 0.353. The van der Waals surface area contributed by atoms with Gasteiger partial charge in [0.25, 0.3) is 0 Å². The lowest BCUT2D eigenvalue weighted by Gasteiger charge is -2.24. The third-order valence-corrected chi connectivity index (χ3v) is 4.12. The number of hydrogen-bond donors (Lipinski definition) is 1. The quantitative estimate of drug-likeness (QED) is 0.679. The van der Waals surface area contributed by atoms with E-state index in [4.69, 9.17) is 10.5 Å². The van der Waals surface area contributed by atoms with E-state index in [0.29, 0.717) is 17.9 Å². The van der Waals surface area contributed by atoms with Gasteiger partial charge in [0.15, 0.2) is 0 Å². The Morgan fingerprint density at radius 1 is 1.20 bits per heavy atom. The number of nitrogens with two attached hydrogens (primary N) is 1. The molecule has 3 heteroatoms. The summed E-state index contributed by atoms with van der Waals surface area (Å²) in [7, 11) is 0. The molecule has 0 heterocycles. The van der Waals surface area contributed by atoms with Crippen molar-refractivity contribution in [2.75, 3.05) is 12.3 Å². The number of benzene rings is 2. The largest absolute Gasteiger partial charge is 0.462 e. The number of carbonyl (C=O) groups excluding carboxylic acids is 1. The van der Waals surface area contributed by atoms with E-state index < -0.39 is 0 Å². The summed E-state index contributed by atoms with van der Waals surface area (Å²) in [5.41, 5.74) is 6.91. The fourth-order valence-corrected chi connectivity index (χ4v) is 2.61. The van der Waals surface area contributed by atoms with Crippen molar-refractivity contribution in [2.24, 2.45) is 5.92 Å². The topological polar surface area (TPSA) is 52.3 Å². The highest BCUT2D eigenvalue weighted by Gasteiger charge is 2.18. The van der Waals surface area contributed by atoms with Gasteiger partial charge in [-0.15, -0.1) is 0 Å². The Bertz CT molecular complexity index is 632. The molecule has 0 unspecified atom stereocenters. The van der Waals surface area contributed by atoms with Gasteiger partial charge in [-0.1, -0.05) is 43.5 Å². The molecule has 0 spiro atoms. The summed E-state index contributed by atoms with van der Waals surface area (Å²) in [5, 5.41) is 2.05. The van der Waals surface area contributed by atoms with E-state index in [-0.39, 0.29) is 5.97 Å². The van der Waals surface area contributed by atoms with Gasteiger partial charge < -0.3 is 10.5 Å². The molecule has 3 nitrogen and oxygen atoms in total. The summed E-state index contributed by atoms with van der Waals surface area (Å²) in [6.45, 7) is 0.496. The van der Waals surface area contributed by atoms with Crippen LogP contribution in [0.4, 0.5) is 5.69 Å². The van der Waals surface area contributed by atoms with Crippen LogP contribution < -0.4 is 5.73 Å². The molecule has 1 aliphatic rings. The zero-order chi connectivity index (χ0) is 13.9. The van der Waals surface area contributed by atoms with E-state index in [0.717, 1.165) is 23.1 Å². The summed E-state index contributed by atoms with van der Waals surface area (Å²) in [6, 6.07) is 11.5. The molecule has 3 rings (SSSR count). The molecule has 20 heavy (non-hydrogen) atoms. The summed E-state index contributed by atoms with van der Waals surface area (Å²) in [4.78, 5) is 12.1. The lowest BCUT2D eigenvalue weighted by atomic mass is 9.83. The van der Waals surface area contributed by atoms with Crippen LogP contribution in [-0.4, -0.2) is 12.6 Å². The number of ether oxygens (including phenoxy) is 1. The van der Waals surface area contributed by atoms with Crippen molar-refractivity contribution in [1.82, 2.24) is 0 Å². The molecule has 0 radical (unpaired) electrons. The minimum Gasteiger partial charge on any atom is -0.462 e. The Labute approximate surface area is 118 Å². The second kappa shape index (κ2) is 5.53. The summed E-state index contributed by atoms with van der Waals surface area (Å²) in [5.74, 6) is 0.435. The Balaban J connectivity index is 1.71. The molecule has 1 saturated carbocycles. The van der Waals surface area contributed by atoms with Gasteiger partial charge in [-0.25, -0.2) is 4.79 Å². The molecule has 0 atom stereocenters. The second-order valence-electron chi connectivity index (χ2n) is 5.51. The highest BCUT2D eigenvalue weighted by molar-refractivity contribution is 6.01. The maximum atomic E-state index is 12.1. The normalized spacial score (nSPS) is 15.0. The van der Waals surface area contributed by atoms with Crippen LogP contribution in [0.2, 0.25) is 0 Å². The van der Waals surface area contributed by atoms with Gasteiger partial charge in [-0.3, -0.25) is 0 Å². The third kappa shape index (κ3) is 2.62. The Kier molecular flexibility index (Phi) is 3.59. The Morgan fingerprint density at radius 3 is 2.55 bits per heavy atom. The van der Waals surface area contributed by atoms with Crippen LogP contribution in [0.1, 0.15) is 36.0 Å². The van der Waals surface area contributed by atoms with Crippen molar-refractivity contribution in [3.63, 3.8) is 0 Å². The van der Waals surface area contributed by atoms with Crippen molar-refractivity contribution in [3.8, 4) is 0 Å². The zero-order valence-corrected chi connectivity index (χ0v) is 11.5. The first-order chi connectivity index (χ1) is 9.74. The smallest absolute Gasteiger partial charge is 0.340 e. The Hall–Kier alpha value is -2.03. The molecule has 1 aliphatic carbocycles. The van der Waals surface area contributed by atoms with Gasteiger partial charge in [-0.2, -0.15) is 0 Å². The molecule has 0 saturated heterocycles. The molecule has 0 aliphatic heterocycles. The first-order valence-corrected chi connectivity index (χ1v) is 7.19. The zero-order valence-electron chi connectivity index (χ0n) is 11.5.